The van der Waals surface area contributed by atoms with Crippen molar-refractivity contribution in [3.05, 3.63) is 23.7 Å². The third-order valence-electron chi connectivity index (χ3n) is 1.70. The largest absolute Gasteiger partial charge is 0.578 e. The van der Waals surface area contributed by atoms with Crippen molar-refractivity contribution in [1.29, 1.82) is 0 Å². The zero-order chi connectivity index (χ0) is 17.6. The Labute approximate surface area is 118 Å². The molecule has 0 aromatic carbocycles. The molecule has 0 unspecified atom stereocenters. The van der Waals surface area contributed by atoms with Gasteiger partial charge in [-0.05, 0) is 18.4 Å². The summed E-state index contributed by atoms with van der Waals surface area (Å²) in [4.78, 5) is 7.29. The third-order valence-corrected chi connectivity index (χ3v) is 2.40. The van der Waals surface area contributed by atoms with Crippen LogP contribution in [0.3, 0.4) is 0 Å². The van der Waals surface area contributed by atoms with Crippen LogP contribution in [-0.4, -0.2) is 12.4 Å². The maximum atomic E-state index is 12.0. The average molecular weight is 364 g/mol. The van der Waals surface area contributed by atoms with Crippen molar-refractivity contribution in [2.24, 2.45) is 0 Å². The molecular formula is C8H8F7O6P. The van der Waals surface area contributed by atoms with Crippen LogP contribution in [0.5, 0.6) is 0 Å². The zero-order valence-electron chi connectivity index (χ0n) is 10.7. The van der Waals surface area contributed by atoms with Crippen molar-refractivity contribution in [3.8, 4) is 0 Å². The van der Waals surface area contributed by atoms with Gasteiger partial charge < -0.3 is 9.78 Å². The molecule has 0 N–H and O–H groups in total. The standard InChI is InChI=1S/C8H8F7O6P/c1-5(7(9,10)11)3-17-20-22(16,19-15)21-18-4-6(2)8(12,13)14/h3-4H,1-2H3. The molecule has 0 aromatic heterocycles. The monoisotopic (exact) mass is 364 g/mol. The summed E-state index contributed by atoms with van der Waals surface area (Å²) in [7, 11) is -5.35. The first-order chi connectivity index (χ1) is 9.82. The number of alkyl halides is 6. The molecule has 0 aliphatic carbocycles. The van der Waals surface area contributed by atoms with Gasteiger partial charge in [0.05, 0.1) is 11.1 Å². The fourth-order valence-corrected chi connectivity index (χ4v) is 0.830. The minimum absolute atomic E-state index is 0.119. The maximum Gasteiger partial charge on any atom is 0.578 e. The van der Waals surface area contributed by atoms with Gasteiger partial charge in [-0.1, -0.05) is 14.1 Å². The smallest absolute Gasteiger partial charge is 0.335 e. The summed E-state index contributed by atoms with van der Waals surface area (Å²) in [5, 5.41) is 0. The SMILES string of the molecule is CC(=COOP(=O)(OF)OOC=C(C)C(F)(F)F)C(F)(F)F. The molecule has 0 amide bonds. The first kappa shape index (κ1) is 20.7. The molecule has 0 spiro atoms. The quantitative estimate of drug-likeness (QED) is 0.212. The molecule has 0 saturated carbocycles. The number of phosphoric acid groups is 1. The second kappa shape index (κ2) is 7.81. The molecule has 0 radical (unpaired) electrons. The Hall–Kier alpha value is -1.30. The molecule has 0 aromatic rings. The molecule has 0 fully saturated rings. The lowest BCUT2D eigenvalue weighted by molar-refractivity contribution is -0.257. The van der Waals surface area contributed by atoms with E-state index in [9.17, 15) is 35.4 Å². The highest BCUT2D eigenvalue weighted by Gasteiger charge is 2.36. The van der Waals surface area contributed by atoms with Crippen LogP contribution in [0.25, 0.3) is 0 Å². The third kappa shape index (κ3) is 7.64. The van der Waals surface area contributed by atoms with Crippen LogP contribution in [-0.2, 0) is 28.4 Å². The summed E-state index contributed by atoms with van der Waals surface area (Å²) >= 11 is 0. The molecule has 22 heavy (non-hydrogen) atoms. The van der Waals surface area contributed by atoms with E-state index < -0.39 is 31.3 Å². The highest BCUT2D eigenvalue weighted by molar-refractivity contribution is 7.48. The molecule has 14 heteroatoms. The number of halogens is 7. The van der Waals surface area contributed by atoms with Gasteiger partial charge in [0.25, 0.3) is 0 Å². The Morgan fingerprint density at radius 1 is 0.864 bits per heavy atom. The predicted octanol–water partition coefficient (Wildman–Crippen LogP) is 4.82. The topological polar surface area (TPSA) is 63.2 Å². The number of allylic oxidation sites excluding steroid dienone is 2. The molecule has 0 atom stereocenters. The van der Waals surface area contributed by atoms with E-state index in [4.69, 9.17) is 0 Å². The van der Waals surface area contributed by atoms with Crippen LogP contribution >= 0.6 is 7.82 Å². The molecule has 0 aliphatic heterocycles. The van der Waals surface area contributed by atoms with Gasteiger partial charge in [0.2, 0.25) is 0 Å². The lowest BCUT2D eigenvalue weighted by Crippen LogP contribution is -2.09. The van der Waals surface area contributed by atoms with Gasteiger partial charge in [0, 0.05) is 0 Å². The maximum absolute atomic E-state index is 12.0. The minimum atomic E-state index is -5.35. The van der Waals surface area contributed by atoms with E-state index in [0.29, 0.717) is 13.8 Å². The molecule has 0 saturated heterocycles. The fourth-order valence-electron chi connectivity index (χ4n) is 0.462. The van der Waals surface area contributed by atoms with Crippen LogP contribution in [0.1, 0.15) is 13.8 Å². The van der Waals surface area contributed by atoms with Crippen molar-refractivity contribution in [3.63, 3.8) is 0 Å². The zero-order valence-corrected chi connectivity index (χ0v) is 11.6. The lowest BCUT2D eigenvalue weighted by atomic mass is 10.3. The van der Waals surface area contributed by atoms with E-state index in [2.05, 4.69) is 23.9 Å². The Balaban J connectivity index is 4.59. The summed E-state index contributed by atoms with van der Waals surface area (Å²) in [5.41, 5.74) is -2.74. The van der Waals surface area contributed by atoms with Crippen molar-refractivity contribution < 1.29 is 59.3 Å². The Bertz CT molecular complexity index is 431. The summed E-state index contributed by atoms with van der Waals surface area (Å²) in [5.74, 6) is 0. The van der Waals surface area contributed by atoms with E-state index >= 15 is 0 Å². The summed E-state index contributed by atoms with van der Waals surface area (Å²) in [6.45, 7) is 1.05. The van der Waals surface area contributed by atoms with Gasteiger partial charge in [0.15, 0.2) is 0 Å². The molecule has 0 heterocycles. The van der Waals surface area contributed by atoms with Crippen molar-refractivity contribution in [2.45, 2.75) is 26.2 Å². The normalized spacial score (nSPS) is 17.1. The Morgan fingerprint density at radius 2 is 1.18 bits per heavy atom. The van der Waals surface area contributed by atoms with Crippen molar-refractivity contribution in [1.82, 2.24) is 0 Å². The number of hydrogen-bond donors (Lipinski definition) is 0. The van der Waals surface area contributed by atoms with Gasteiger partial charge >= 0.3 is 20.2 Å². The van der Waals surface area contributed by atoms with Crippen LogP contribution in [0.15, 0.2) is 23.7 Å². The molecule has 0 bridgehead atoms. The van der Waals surface area contributed by atoms with Gasteiger partial charge in [-0.25, -0.2) is 4.57 Å². The highest BCUT2D eigenvalue weighted by atomic mass is 31.2. The van der Waals surface area contributed by atoms with Crippen LogP contribution in [0.2, 0.25) is 0 Å². The highest BCUT2D eigenvalue weighted by Crippen LogP contribution is 2.50. The first-order valence-electron chi connectivity index (χ1n) is 4.90. The van der Waals surface area contributed by atoms with E-state index in [0.717, 1.165) is 0 Å². The first-order valence-corrected chi connectivity index (χ1v) is 6.36. The lowest BCUT2D eigenvalue weighted by Gasteiger charge is -2.11. The van der Waals surface area contributed by atoms with E-state index in [1.165, 1.54) is 0 Å². The number of hydrogen-bond acceptors (Lipinski definition) is 6. The average Bonchev–Trinajstić information content (AvgIpc) is 2.36. The van der Waals surface area contributed by atoms with E-state index in [1.807, 2.05) is 0 Å². The van der Waals surface area contributed by atoms with E-state index in [-0.39, 0.29) is 12.5 Å². The van der Waals surface area contributed by atoms with Gasteiger partial charge in [-0.15, -0.1) is 0 Å². The Kier molecular flexibility index (Phi) is 7.35. The fraction of sp³-hybridized carbons (Fsp3) is 0.500. The van der Waals surface area contributed by atoms with Gasteiger partial charge in [-0.2, -0.15) is 26.3 Å². The second-order valence-electron chi connectivity index (χ2n) is 3.45. The molecule has 0 aliphatic rings. The van der Waals surface area contributed by atoms with E-state index in [1.54, 1.807) is 0 Å². The molecule has 130 valence electrons. The van der Waals surface area contributed by atoms with Crippen LogP contribution in [0, 0.1) is 0 Å². The van der Waals surface area contributed by atoms with Gasteiger partial charge in [0.1, 0.15) is 12.5 Å². The summed E-state index contributed by atoms with van der Waals surface area (Å²) in [6, 6.07) is 0. The predicted molar refractivity (Wildman–Crippen MR) is 53.8 cm³/mol. The molecule has 6 nitrogen and oxygen atoms in total. The van der Waals surface area contributed by atoms with Crippen LogP contribution < -0.4 is 0 Å². The van der Waals surface area contributed by atoms with Gasteiger partial charge in [-0.3, -0.25) is 0 Å². The number of rotatable bonds is 7. The summed E-state index contributed by atoms with van der Waals surface area (Å²) in [6.07, 6.45) is -9.86. The minimum Gasteiger partial charge on any atom is -0.335 e. The molecular weight excluding hydrogens is 356 g/mol. The molecule has 0 rings (SSSR count). The second-order valence-corrected chi connectivity index (χ2v) is 4.79. The van der Waals surface area contributed by atoms with Crippen molar-refractivity contribution >= 4 is 7.82 Å². The van der Waals surface area contributed by atoms with Crippen LogP contribution in [0.4, 0.5) is 30.9 Å². The van der Waals surface area contributed by atoms with Crippen molar-refractivity contribution in [2.75, 3.05) is 0 Å². The summed E-state index contributed by atoms with van der Waals surface area (Å²) < 4.78 is 105. The Morgan fingerprint density at radius 3 is 1.41 bits per heavy atom.